The van der Waals surface area contributed by atoms with Crippen molar-refractivity contribution in [2.24, 2.45) is 0 Å². The molecule has 1 aromatic carbocycles. The second-order valence-electron chi connectivity index (χ2n) is 3.52. The van der Waals surface area contributed by atoms with Crippen molar-refractivity contribution in [1.82, 2.24) is 0 Å². The van der Waals surface area contributed by atoms with Gasteiger partial charge in [-0.15, -0.1) is 0 Å². The van der Waals surface area contributed by atoms with Crippen LogP contribution in [0.2, 0.25) is 0 Å². The summed E-state index contributed by atoms with van der Waals surface area (Å²) in [5.74, 6) is -1.42. The van der Waals surface area contributed by atoms with Crippen LogP contribution in [0.15, 0.2) is 22.7 Å². The van der Waals surface area contributed by atoms with Crippen molar-refractivity contribution in [2.45, 2.75) is 6.42 Å². The lowest BCUT2D eigenvalue weighted by molar-refractivity contribution is -0.116. The molecule has 0 unspecified atom stereocenters. The van der Waals surface area contributed by atoms with E-state index in [9.17, 15) is 17.6 Å². The summed E-state index contributed by atoms with van der Waals surface area (Å²) < 4.78 is 35.2. The minimum absolute atomic E-state index is 0.0919. The monoisotopic (exact) mass is 308 g/mol. The highest BCUT2D eigenvalue weighted by Crippen LogP contribution is 2.18. The standard InChI is InChI=1S/C10H10BrFO3S/c1-16(14,15)6-9(13)5-7-4-8(12)2-3-10(7)11/h2-4H,5-6H2,1H3. The van der Waals surface area contributed by atoms with Crippen molar-refractivity contribution >= 4 is 31.6 Å². The Morgan fingerprint density at radius 1 is 1.44 bits per heavy atom. The number of hydrogen-bond acceptors (Lipinski definition) is 3. The molecule has 0 spiro atoms. The predicted molar refractivity (Wildman–Crippen MR) is 62.5 cm³/mol. The molecule has 3 nitrogen and oxygen atoms in total. The maximum absolute atomic E-state index is 12.9. The summed E-state index contributed by atoms with van der Waals surface area (Å²) in [6, 6.07) is 3.96. The highest BCUT2D eigenvalue weighted by molar-refractivity contribution is 9.10. The van der Waals surface area contributed by atoms with Crippen molar-refractivity contribution in [3.63, 3.8) is 0 Å². The topological polar surface area (TPSA) is 51.2 Å². The van der Waals surface area contributed by atoms with Crippen molar-refractivity contribution in [2.75, 3.05) is 12.0 Å². The van der Waals surface area contributed by atoms with Gasteiger partial charge >= 0.3 is 0 Å². The predicted octanol–water partition coefficient (Wildman–Crippen LogP) is 1.74. The molecule has 1 aromatic rings. The van der Waals surface area contributed by atoms with Crippen LogP contribution in [0.4, 0.5) is 4.39 Å². The van der Waals surface area contributed by atoms with Gasteiger partial charge in [-0.05, 0) is 23.8 Å². The second-order valence-corrected chi connectivity index (χ2v) is 6.52. The average molecular weight is 309 g/mol. The molecule has 16 heavy (non-hydrogen) atoms. The third kappa shape index (κ3) is 4.40. The van der Waals surface area contributed by atoms with Crippen molar-refractivity contribution < 1.29 is 17.6 Å². The van der Waals surface area contributed by atoms with Gasteiger partial charge in [0, 0.05) is 17.1 Å². The quantitative estimate of drug-likeness (QED) is 0.851. The number of carbonyl (C=O) groups excluding carboxylic acids is 1. The van der Waals surface area contributed by atoms with Gasteiger partial charge in [0.1, 0.15) is 11.6 Å². The average Bonchev–Trinajstić information content (AvgIpc) is 2.08. The minimum atomic E-state index is -3.33. The Hall–Kier alpha value is -0.750. The number of sulfone groups is 1. The van der Waals surface area contributed by atoms with E-state index in [0.29, 0.717) is 10.0 Å². The maximum atomic E-state index is 12.9. The molecule has 0 saturated carbocycles. The highest BCUT2D eigenvalue weighted by Gasteiger charge is 2.13. The number of ketones is 1. The van der Waals surface area contributed by atoms with Crippen molar-refractivity contribution in [3.05, 3.63) is 34.1 Å². The molecule has 0 amide bonds. The minimum Gasteiger partial charge on any atom is -0.298 e. The summed E-state index contributed by atoms with van der Waals surface area (Å²) in [6.07, 6.45) is 0.900. The molecule has 0 aliphatic carbocycles. The van der Waals surface area contributed by atoms with Crippen LogP contribution in [0.3, 0.4) is 0 Å². The molecule has 88 valence electrons. The Labute approximate surface area is 102 Å². The summed E-state index contributed by atoms with van der Waals surface area (Å²) in [6.45, 7) is 0. The lowest BCUT2D eigenvalue weighted by Crippen LogP contribution is -2.16. The Morgan fingerprint density at radius 2 is 2.06 bits per heavy atom. The van der Waals surface area contributed by atoms with E-state index in [1.165, 1.54) is 18.2 Å². The molecule has 0 heterocycles. The fourth-order valence-corrected chi connectivity index (χ4v) is 2.31. The molecule has 6 heteroatoms. The molecule has 0 aliphatic heterocycles. The molecule has 0 bridgehead atoms. The number of halogens is 2. The lowest BCUT2D eigenvalue weighted by atomic mass is 10.1. The van der Waals surface area contributed by atoms with Gasteiger partial charge in [0.2, 0.25) is 0 Å². The van der Waals surface area contributed by atoms with Gasteiger partial charge < -0.3 is 0 Å². The van der Waals surface area contributed by atoms with Crippen LogP contribution in [0.25, 0.3) is 0 Å². The summed E-state index contributed by atoms with van der Waals surface area (Å²) >= 11 is 3.17. The van der Waals surface area contributed by atoms with Crippen LogP contribution >= 0.6 is 15.9 Å². The Kier molecular flexibility index (Phi) is 4.21. The number of carbonyl (C=O) groups is 1. The van der Waals surface area contributed by atoms with Crippen LogP contribution < -0.4 is 0 Å². The maximum Gasteiger partial charge on any atom is 0.154 e. The van der Waals surface area contributed by atoms with Gasteiger partial charge in [0.05, 0.1) is 0 Å². The van der Waals surface area contributed by atoms with Crippen molar-refractivity contribution in [3.8, 4) is 0 Å². The molecule has 0 N–H and O–H groups in total. The molecular formula is C10H10BrFO3S. The van der Waals surface area contributed by atoms with Crippen molar-refractivity contribution in [1.29, 1.82) is 0 Å². The van der Waals surface area contributed by atoms with E-state index in [2.05, 4.69) is 15.9 Å². The normalized spacial score (nSPS) is 11.4. The van der Waals surface area contributed by atoms with Gasteiger partial charge in [0.15, 0.2) is 15.6 Å². The van der Waals surface area contributed by atoms with Gasteiger partial charge in [-0.2, -0.15) is 0 Å². The summed E-state index contributed by atoms with van der Waals surface area (Å²) in [7, 11) is -3.33. The lowest BCUT2D eigenvalue weighted by Gasteiger charge is -2.03. The summed E-state index contributed by atoms with van der Waals surface area (Å²) in [5, 5.41) is 0. The van der Waals surface area contributed by atoms with Gasteiger partial charge in [-0.25, -0.2) is 12.8 Å². The zero-order valence-electron chi connectivity index (χ0n) is 8.54. The fourth-order valence-electron chi connectivity index (χ4n) is 1.23. The van der Waals surface area contributed by atoms with E-state index >= 15 is 0 Å². The van der Waals surface area contributed by atoms with Crippen LogP contribution in [0.5, 0.6) is 0 Å². The molecule has 0 atom stereocenters. The first-order chi connectivity index (χ1) is 7.28. The summed E-state index contributed by atoms with van der Waals surface area (Å²) in [4.78, 5) is 11.4. The second kappa shape index (κ2) is 5.05. The van der Waals surface area contributed by atoms with Crippen LogP contribution in [-0.2, 0) is 21.1 Å². The first kappa shape index (κ1) is 13.3. The number of rotatable bonds is 4. The largest absolute Gasteiger partial charge is 0.298 e. The molecule has 0 radical (unpaired) electrons. The zero-order valence-corrected chi connectivity index (χ0v) is 10.9. The molecular weight excluding hydrogens is 299 g/mol. The van der Waals surface area contributed by atoms with Crippen LogP contribution in [0.1, 0.15) is 5.56 Å². The highest BCUT2D eigenvalue weighted by atomic mass is 79.9. The first-order valence-electron chi connectivity index (χ1n) is 4.41. The Morgan fingerprint density at radius 3 is 2.62 bits per heavy atom. The van der Waals surface area contributed by atoms with E-state index in [1.54, 1.807) is 0 Å². The number of Topliss-reactive ketones (excluding diaryl/α,β-unsaturated/α-hetero) is 1. The zero-order chi connectivity index (χ0) is 12.3. The molecule has 0 aliphatic rings. The molecule has 0 fully saturated rings. The third-order valence-corrected chi connectivity index (χ3v) is 3.44. The van der Waals surface area contributed by atoms with E-state index in [-0.39, 0.29) is 6.42 Å². The molecule has 0 saturated heterocycles. The van der Waals surface area contributed by atoms with E-state index in [1.807, 2.05) is 0 Å². The van der Waals surface area contributed by atoms with E-state index in [4.69, 9.17) is 0 Å². The Bertz CT molecular complexity index is 511. The van der Waals surface area contributed by atoms with Gasteiger partial charge in [-0.1, -0.05) is 15.9 Å². The van der Waals surface area contributed by atoms with E-state index < -0.39 is 27.2 Å². The molecule has 0 aromatic heterocycles. The Balaban J connectivity index is 2.81. The van der Waals surface area contributed by atoms with E-state index in [0.717, 1.165) is 6.26 Å². The number of hydrogen-bond donors (Lipinski definition) is 0. The molecule has 1 rings (SSSR count). The van der Waals surface area contributed by atoms with Gasteiger partial charge in [-0.3, -0.25) is 4.79 Å². The smallest absolute Gasteiger partial charge is 0.154 e. The first-order valence-corrected chi connectivity index (χ1v) is 7.26. The number of benzene rings is 1. The van der Waals surface area contributed by atoms with Gasteiger partial charge in [0.25, 0.3) is 0 Å². The third-order valence-electron chi connectivity index (χ3n) is 1.82. The van der Waals surface area contributed by atoms with Crippen LogP contribution in [0, 0.1) is 5.82 Å². The van der Waals surface area contributed by atoms with Crippen LogP contribution in [-0.4, -0.2) is 26.2 Å². The fraction of sp³-hybridized carbons (Fsp3) is 0.300. The summed E-state index contributed by atoms with van der Waals surface area (Å²) in [5.41, 5.74) is 0.452. The SMILES string of the molecule is CS(=O)(=O)CC(=O)Cc1cc(F)ccc1Br.